The lowest BCUT2D eigenvalue weighted by Crippen LogP contribution is -2.48. The van der Waals surface area contributed by atoms with E-state index < -0.39 is 5.54 Å². The van der Waals surface area contributed by atoms with Gasteiger partial charge in [-0.1, -0.05) is 88.2 Å². The summed E-state index contributed by atoms with van der Waals surface area (Å²) in [6.45, 7) is 19.0. The first-order chi connectivity index (χ1) is 35.1. The van der Waals surface area contributed by atoms with E-state index in [9.17, 15) is 19.5 Å². The largest absolute Gasteiger partial charge is 0.507 e. The number of amides is 1. The van der Waals surface area contributed by atoms with Crippen molar-refractivity contribution >= 4 is 45.5 Å². The number of rotatable bonds is 21. The Morgan fingerprint density at radius 2 is 1.59 bits per heavy atom. The van der Waals surface area contributed by atoms with Crippen LogP contribution in [0.25, 0.3) is 10.9 Å². The van der Waals surface area contributed by atoms with Crippen LogP contribution in [0.4, 0.5) is 11.4 Å². The number of phenols is 1. The van der Waals surface area contributed by atoms with E-state index in [0.717, 1.165) is 86.6 Å². The number of fused-ring (bicyclic) bond motifs is 7. The molecule has 10 nitrogen and oxygen atoms in total. The van der Waals surface area contributed by atoms with Crippen molar-refractivity contribution in [1.82, 2.24) is 15.2 Å². The van der Waals surface area contributed by atoms with E-state index in [1.165, 1.54) is 45.5 Å². The van der Waals surface area contributed by atoms with Crippen LogP contribution in [0.15, 0.2) is 138 Å². The Kier molecular flexibility index (Phi) is 14.8. The molecular weight excluding hydrogens is 907 g/mol. The fourth-order valence-corrected chi connectivity index (χ4v) is 11.9. The minimum absolute atomic E-state index is 0.0170. The summed E-state index contributed by atoms with van der Waals surface area (Å²) in [4.78, 5) is 47.5. The number of anilines is 1. The quantitative estimate of drug-likeness (QED) is 0.0381. The summed E-state index contributed by atoms with van der Waals surface area (Å²) in [6.07, 6.45) is 18.8. The van der Waals surface area contributed by atoms with Crippen LogP contribution in [0.2, 0.25) is 0 Å². The molecule has 1 atom stereocenters. The summed E-state index contributed by atoms with van der Waals surface area (Å²) in [6, 6.07) is 30.2. The molecule has 73 heavy (non-hydrogen) atoms. The molecular formula is C63H74N5O5+. The van der Waals surface area contributed by atoms with Gasteiger partial charge in [-0.2, -0.15) is 4.58 Å². The number of Topliss-reactive ketones (excluding diaryl/α,β-unsaturated/α-hetero) is 2. The molecule has 0 saturated heterocycles. The predicted molar refractivity (Wildman–Crippen MR) is 294 cm³/mol. The molecule has 4 aromatic carbocycles. The highest BCUT2D eigenvalue weighted by atomic mass is 16.5. The van der Waals surface area contributed by atoms with Gasteiger partial charge in [-0.05, 0) is 125 Å². The van der Waals surface area contributed by atoms with Crippen molar-refractivity contribution in [3.05, 3.63) is 166 Å². The predicted octanol–water partition coefficient (Wildman–Crippen LogP) is 12.6. The highest BCUT2D eigenvalue weighted by Gasteiger charge is 2.45. The van der Waals surface area contributed by atoms with E-state index in [1.807, 2.05) is 30.5 Å². The van der Waals surface area contributed by atoms with Gasteiger partial charge >= 0.3 is 0 Å². The zero-order valence-electron chi connectivity index (χ0n) is 44.1. The lowest BCUT2D eigenvalue weighted by atomic mass is 9.78. The summed E-state index contributed by atoms with van der Waals surface area (Å²) in [5.74, 6) is 0.586. The van der Waals surface area contributed by atoms with Crippen LogP contribution in [0.5, 0.6) is 11.5 Å². The van der Waals surface area contributed by atoms with E-state index in [4.69, 9.17) is 4.74 Å². The first-order valence-electron chi connectivity index (χ1n) is 26.7. The summed E-state index contributed by atoms with van der Waals surface area (Å²) < 4.78 is 8.54. The van der Waals surface area contributed by atoms with E-state index in [-0.39, 0.29) is 40.7 Å². The van der Waals surface area contributed by atoms with Crippen molar-refractivity contribution in [3.63, 3.8) is 0 Å². The molecule has 0 fully saturated rings. The molecule has 1 amide bonds. The molecule has 0 radical (unpaired) electrons. The number of para-hydroxylation sites is 3. The maximum absolute atomic E-state index is 13.4. The number of aromatic hydroxyl groups is 1. The number of benzene rings is 4. The summed E-state index contributed by atoms with van der Waals surface area (Å²) in [7, 11) is 0. The van der Waals surface area contributed by atoms with Gasteiger partial charge in [0.25, 0.3) is 0 Å². The molecule has 4 aliphatic rings. The molecule has 0 saturated carbocycles. The van der Waals surface area contributed by atoms with Crippen molar-refractivity contribution < 1.29 is 28.8 Å². The van der Waals surface area contributed by atoms with Gasteiger partial charge in [0.1, 0.15) is 24.7 Å². The number of H-pyrrole nitrogens is 1. The van der Waals surface area contributed by atoms with Gasteiger partial charge in [0.2, 0.25) is 11.6 Å². The van der Waals surface area contributed by atoms with E-state index in [1.54, 1.807) is 18.2 Å². The maximum atomic E-state index is 13.4. The number of nitrogens with one attached hydrogen (secondary N) is 2. The number of allylic oxidation sites excluding steroid dienone is 6. The second kappa shape index (κ2) is 21.3. The third kappa shape index (κ3) is 9.97. The van der Waals surface area contributed by atoms with Crippen LogP contribution in [-0.2, 0) is 32.4 Å². The normalized spacial score (nSPS) is 18.9. The van der Waals surface area contributed by atoms with Gasteiger partial charge in [0, 0.05) is 102 Å². The van der Waals surface area contributed by atoms with E-state index in [2.05, 4.69) is 140 Å². The minimum atomic E-state index is -0.477. The second-order valence-corrected chi connectivity index (χ2v) is 21.6. The van der Waals surface area contributed by atoms with Gasteiger partial charge in [-0.25, -0.2) is 0 Å². The number of aromatic amines is 1. The number of unbranched alkanes of at least 4 members (excludes halogenated alkanes) is 4. The van der Waals surface area contributed by atoms with Crippen molar-refractivity contribution in [2.45, 2.75) is 129 Å². The number of carbonyl (C=O) groups is 3. The average Bonchev–Trinajstić information content (AvgIpc) is 3.94. The molecule has 0 unspecified atom stereocenters. The first kappa shape index (κ1) is 51.0. The van der Waals surface area contributed by atoms with Gasteiger partial charge in [0.05, 0.1) is 16.5 Å². The summed E-state index contributed by atoms with van der Waals surface area (Å²) in [5, 5.41) is 14.5. The lowest BCUT2D eigenvalue weighted by molar-refractivity contribution is -0.437. The number of hydrogen-bond acceptors (Lipinski definition) is 7. The average molecular weight is 981 g/mol. The summed E-state index contributed by atoms with van der Waals surface area (Å²) >= 11 is 0. The monoisotopic (exact) mass is 981 g/mol. The number of ketones is 2. The molecule has 0 bridgehead atoms. The molecule has 5 heterocycles. The maximum Gasteiger partial charge on any atom is 0.219 e. The smallest absolute Gasteiger partial charge is 0.219 e. The van der Waals surface area contributed by atoms with Crippen molar-refractivity contribution in [2.75, 3.05) is 37.7 Å². The Balaban J connectivity index is 0.693. The molecule has 5 aromatic rings. The molecule has 380 valence electrons. The SMILES string of the molecule is CCC[N+]1=C(C=CC=C2N(CCCCCC(=O)NCCCCCC(=O)COc3ccc4[nH]c5c(c4c3)CCN3C=C(C(=O)c4ccccc4O)C=C(C)[C@@]53C)c3ccccc3C2(C)C)C(C)(C)c2ccccc21. The highest BCUT2D eigenvalue weighted by molar-refractivity contribution is 6.12. The van der Waals surface area contributed by atoms with Crippen molar-refractivity contribution in [1.29, 1.82) is 0 Å². The molecule has 1 aromatic heterocycles. The number of nitrogens with zero attached hydrogens (tertiary/aromatic N) is 3. The first-order valence-corrected chi connectivity index (χ1v) is 26.7. The molecule has 3 N–H and O–H groups in total. The fraction of sp³-hybridized carbons (Fsp3) is 0.397. The lowest BCUT2D eigenvalue weighted by Gasteiger charge is -2.47. The van der Waals surface area contributed by atoms with Crippen LogP contribution in [0.3, 0.4) is 0 Å². The summed E-state index contributed by atoms with van der Waals surface area (Å²) in [5.41, 5.74) is 12.4. The molecule has 0 spiro atoms. The Morgan fingerprint density at radius 3 is 2.40 bits per heavy atom. The van der Waals surface area contributed by atoms with Crippen LogP contribution < -0.4 is 15.0 Å². The van der Waals surface area contributed by atoms with E-state index >= 15 is 0 Å². The second-order valence-electron chi connectivity index (χ2n) is 21.6. The minimum Gasteiger partial charge on any atom is -0.507 e. The Morgan fingerprint density at radius 1 is 0.849 bits per heavy atom. The van der Waals surface area contributed by atoms with Crippen molar-refractivity contribution in [2.24, 2.45) is 0 Å². The third-order valence-corrected chi connectivity index (χ3v) is 16.1. The molecule has 10 heteroatoms. The molecule has 9 rings (SSSR count). The van der Waals surface area contributed by atoms with Crippen molar-refractivity contribution in [3.8, 4) is 11.5 Å². The number of hydrogen-bond donors (Lipinski definition) is 3. The Labute approximate surface area is 432 Å². The molecule has 0 aliphatic carbocycles. The number of phenolic OH excluding ortho intramolecular Hbond substituents is 1. The van der Waals surface area contributed by atoms with Gasteiger partial charge in [-0.3, -0.25) is 14.4 Å². The van der Waals surface area contributed by atoms with E-state index in [0.29, 0.717) is 42.8 Å². The fourth-order valence-electron chi connectivity index (χ4n) is 11.9. The standard InChI is InChI=1S/C63H73N5O5/c1-8-36-67-53-26-16-14-24-50(53)61(3,4)56(67)29-21-30-57-62(5,6)51-25-15-17-27-54(51)68(57)37-20-10-12-31-58(71)64-35-19-9-11-22-45(69)42-73-46-32-33-52-49(40-46)47-34-38-66-41-44(39-43(2)63(66,7)60(47)65-52)59(72)48-23-13-18-28-55(48)70/h13-18,21,23-30,32-33,39-41,65H,8-12,19-20,22,31,34-38,42H2,1-7H3,(H-,64,70,71,72)/p+1/t63-/m0/s1. The Bertz CT molecular complexity index is 3090. The number of aromatic nitrogens is 1. The molecule has 4 aliphatic heterocycles. The number of carbonyl (C=O) groups excluding carboxylic acids is 3. The zero-order chi connectivity index (χ0) is 51.5. The van der Waals surface area contributed by atoms with Crippen LogP contribution >= 0.6 is 0 Å². The zero-order valence-corrected chi connectivity index (χ0v) is 44.1. The Hall–Kier alpha value is -6.94. The van der Waals surface area contributed by atoms with Gasteiger partial charge < -0.3 is 29.9 Å². The van der Waals surface area contributed by atoms with Crippen LogP contribution in [-0.4, -0.2) is 75.5 Å². The number of ether oxygens (including phenoxy) is 1. The third-order valence-electron chi connectivity index (χ3n) is 16.1. The van der Waals surface area contributed by atoms with Gasteiger partial charge in [0.15, 0.2) is 17.3 Å². The van der Waals surface area contributed by atoms with Crippen LogP contribution in [0.1, 0.15) is 139 Å². The van der Waals surface area contributed by atoms with Crippen LogP contribution in [0, 0.1) is 0 Å². The van der Waals surface area contributed by atoms with Gasteiger partial charge in [-0.15, -0.1) is 0 Å². The highest BCUT2D eigenvalue weighted by Crippen LogP contribution is 2.49. The topological polar surface area (TPSA) is 118 Å².